The van der Waals surface area contributed by atoms with E-state index in [0.717, 1.165) is 0 Å². The third-order valence-electron chi connectivity index (χ3n) is 5.24. The zero-order chi connectivity index (χ0) is 20.7. The van der Waals surface area contributed by atoms with Crippen LogP contribution in [0.25, 0.3) is 0 Å². The van der Waals surface area contributed by atoms with Gasteiger partial charge in [-0.05, 0) is 12.8 Å². The van der Waals surface area contributed by atoms with Crippen molar-refractivity contribution in [3.63, 3.8) is 0 Å². The molecule has 0 amide bonds. The van der Waals surface area contributed by atoms with E-state index in [1.54, 1.807) is 0 Å². The summed E-state index contributed by atoms with van der Waals surface area (Å²) in [5.41, 5.74) is 0. The standard InChI is InChI=1S/C16H30BO6P.C3H8.Y/c1-8(2)14-15(10(4)16(17)22-14)23-24(19)20-7-6-12-13(18)9(3)11(5)21-12;1-3-2;/h8-16,18,24H,6-7H2,1-5H3;3H2,1-2H3;/t9?,10?,11-,12+,13+,14+,15+,16+;;/m0../s1. The van der Waals surface area contributed by atoms with Crippen molar-refractivity contribution in [3.05, 3.63) is 0 Å². The summed E-state index contributed by atoms with van der Waals surface area (Å²) in [7, 11) is 3.27. The molecule has 6 nitrogen and oxygen atoms in total. The minimum absolute atomic E-state index is 0. The molecule has 3 radical (unpaired) electrons. The molecule has 2 rings (SSSR count). The monoisotopic (exact) mass is 493 g/mol. The third kappa shape index (κ3) is 8.38. The van der Waals surface area contributed by atoms with Crippen LogP contribution in [0.5, 0.6) is 0 Å². The van der Waals surface area contributed by atoms with Crippen LogP contribution < -0.4 is 0 Å². The summed E-state index contributed by atoms with van der Waals surface area (Å²) in [4.78, 5) is 0. The van der Waals surface area contributed by atoms with Gasteiger partial charge in [-0.2, -0.15) is 0 Å². The van der Waals surface area contributed by atoms with Crippen LogP contribution >= 0.6 is 8.25 Å². The molecule has 2 aliphatic heterocycles. The molecular formula is C19H38BO6PY. The molecule has 1 N–H and O–H groups in total. The van der Waals surface area contributed by atoms with E-state index >= 15 is 0 Å². The first-order valence-electron chi connectivity index (χ1n) is 10.2. The summed E-state index contributed by atoms with van der Waals surface area (Å²) in [6, 6.07) is -0.415. The number of ether oxygens (including phenoxy) is 2. The van der Waals surface area contributed by atoms with Gasteiger partial charge >= 0.3 is 8.25 Å². The van der Waals surface area contributed by atoms with E-state index in [1.807, 2.05) is 34.6 Å². The molecule has 0 aromatic heterocycles. The SMILES string of the molecule is CCC.[B][C@@H]1O[C@H](C(C)C)[C@H](O[PH](=O)OCC[C@H]2O[C@@H](C)C(C)[C@H]2O)C1C.[Y]. The molecule has 0 spiro atoms. The second-order valence-electron chi connectivity index (χ2n) is 8.07. The Labute approximate surface area is 198 Å². The Bertz CT molecular complexity index is 458. The average molecular weight is 493 g/mol. The van der Waals surface area contributed by atoms with Crippen molar-refractivity contribution >= 4 is 16.1 Å². The molecule has 3 unspecified atom stereocenters. The Morgan fingerprint density at radius 1 is 1.14 bits per heavy atom. The number of hydrogen-bond donors (Lipinski definition) is 1. The summed E-state index contributed by atoms with van der Waals surface area (Å²) < 4.78 is 34.5. The van der Waals surface area contributed by atoms with E-state index in [-0.39, 0.29) is 81.5 Å². The van der Waals surface area contributed by atoms with Crippen LogP contribution in [0.3, 0.4) is 0 Å². The maximum atomic E-state index is 12.1. The van der Waals surface area contributed by atoms with Crippen LogP contribution in [-0.2, 0) is 55.8 Å². The fourth-order valence-corrected chi connectivity index (χ4v) is 4.24. The Kier molecular flexibility index (Phi) is 14.9. The summed E-state index contributed by atoms with van der Waals surface area (Å²) in [5, 5.41) is 10.1. The summed E-state index contributed by atoms with van der Waals surface area (Å²) in [6.45, 7) is 14.3. The number of hydrogen-bond acceptors (Lipinski definition) is 6. The van der Waals surface area contributed by atoms with Crippen LogP contribution in [0.1, 0.15) is 61.3 Å². The number of aliphatic hydroxyl groups is 1. The number of aliphatic hydroxyl groups excluding tert-OH is 1. The first-order valence-corrected chi connectivity index (χ1v) is 11.4. The van der Waals surface area contributed by atoms with E-state index in [9.17, 15) is 9.67 Å². The molecule has 161 valence electrons. The van der Waals surface area contributed by atoms with Gasteiger partial charge in [0.15, 0.2) is 0 Å². The van der Waals surface area contributed by atoms with Crippen LogP contribution in [0.4, 0.5) is 0 Å². The second kappa shape index (κ2) is 14.3. The van der Waals surface area contributed by atoms with Gasteiger partial charge in [0.25, 0.3) is 0 Å². The Morgan fingerprint density at radius 2 is 1.71 bits per heavy atom. The van der Waals surface area contributed by atoms with Gasteiger partial charge in [-0.15, -0.1) is 0 Å². The summed E-state index contributed by atoms with van der Waals surface area (Å²) >= 11 is 0. The molecule has 9 atom stereocenters. The van der Waals surface area contributed by atoms with Gasteiger partial charge in [-0.25, -0.2) is 0 Å². The van der Waals surface area contributed by atoms with Gasteiger partial charge in [-0.3, -0.25) is 4.57 Å². The molecule has 2 fully saturated rings. The van der Waals surface area contributed by atoms with Gasteiger partial charge in [0.1, 0.15) is 7.85 Å². The Balaban J connectivity index is 0.00000171. The first kappa shape index (κ1) is 29.2. The van der Waals surface area contributed by atoms with Crippen molar-refractivity contribution in [2.24, 2.45) is 17.8 Å². The molecule has 0 aliphatic carbocycles. The molecule has 2 heterocycles. The Morgan fingerprint density at radius 3 is 2.18 bits per heavy atom. The van der Waals surface area contributed by atoms with Gasteiger partial charge in [0.2, 0.25) is 0 Å². The van der Waals surface area contributed by atoms with E-state index in [1.165, 1.54) is 6.42 Å². The van der Waals surface area contributed by atoms with Gasteiger partial charge in [0.05, 0.1) is 37.1 Å². The van der Waals surface area contributed by atoms with Crippen LogP contribution in [0.15, 0.2) is 0 Å². The fourth-order valence-electron chi connectivity index (χ4n) is 3.32. The predicted molar refractivity (Wildman–Crippen MR) is 108 cm³/mol. The number of rotatable bonds is 7. The van der Waals surface area contributed by atoms with Crippen LogP contribution in [0, 0.1) is 17.8 Å². The smallest absolute Gasteiger partial charge is 0.319 e. The van der Waals surface area contributed by atoms with Crippen molar-refractivity contribution < 1.29 is 60.9 Å². The topological polar surface area (TPSA) is 74.2 Å². The molecule has 0 aromatic carbocycles. The minimum Gasteiger partial charge on any atom is -0.390 e. The molecule has 0 bridgehead atoms. The molecule has 2 aliphatic rings. The van der Waals surface area contributed by atoms with Gasteiger partial charge in [-0.1, -0.05) is 48.0 Å². The van der Waals surface area contributed by atoms with Gasteiger partial charge in [0, 0.05) is 57.0 Å². The Hall–Kier alpha value is 1.20. The van der Waals surface area contributed by atoms with Crippen molar-refractivity contribution in [3.8, 4) is 0 Å². The van der Waals surface area contributed by atoms with Crippen molar-refractivity contribution in [1.29, 1.82) is 0 Å². The van der Waals surface area contributed by atoms with E-state index in [4.69, 9.17) is 26.4 Å². The predicted octanol–water partition coefficient (Wildman–Crippen LogP) is 3.55. The zero-order valence-corrected chi connectivity index (χ0v) is 22.3. The molecule has 0 saturated carbocycles. The van der Waals surface area contributed by atoms with Crippen LogP contribution in [0.2, 0.25) is 0 Å². The molecule has 9 heteroatoms. The van der Waals surface area contributed by atoms with E-state index < -0.39 is 20.4 Å². The van der Waals surface area contributed by atoms with Crippen molar-refractivity contribution in [2.45, 2.75) is 97.8 Å². The summed E-state index contributed by atoms with van der Waals surface area (Å²) in [6.07, 6.45) is 0.435. The maximum Gasteiger partial charge on any atom is 0.319 e. The molecular weight excluding hydrogens is 455 g/mol. The molecule has 2 saturated heterocycles. The second-order valence-corrected chi connectivity index (χ2v) is 9.10. The molecule has 28 heavy (non-hydrogen) atoms. The van der Waals surface area contributed by atoms with Crippen molar-refractivity contribution in [1.82, 2.24) is 0 Å². The first-order chi connectivity index (χ1) is 12.6. The largest absolute Gasteiger partial charge is 0.390 e. The van der Waals surface area contributed by atoms with E-state index in [2.05, 4.69) is 13.8 Å². The van der Waals surface area contributed by atoms with Crippen LogP contribution in [-0.4, -0.2) is 56.1 Å². The van der Waals surface area contributed by atoms with E-state index in [0.29, 0.717) is 6.42 Å². The third-order valence-corrected chi connectivity index (χ3v) is 6.14. The van der Waals surface area contributed by atoms with Crippen molar-refractivity contribution in [2.75, 3.05) is 6.61 Å². The minimum atomic E-state index is -2.65. The quantitative estimate of drug-likeness (QED) is 0.432. The maximum absolute atomic E-state index is 12.1. The van der Waals surface area contributed by atoms with Gasteiger partial charge < -0.3 is 23.6 Å². The summed E-state index contributed by atoms with van der Waals surface area (Å²) in [5.74, 6) is 0.260. The fraction of sp³-hybridized carbons (Fsp3) is 1.00. The molecule has 0 aromatic rings. The zero-order valence-electron chi connectivity index (χ0n) is 18.5. The average Bonchev–Trinajstić information content (AvgIpc) is 3.01. The normalized spacial score (nSPS) is 38.6.